The average Bonchev–Trinajstić information content (AvgIpc) is 2.64. The zero-order valence-corrected chi connectivity index (χ0v) is 13.5. The standard InChI is InChI=1S/C16H18N4O5/c21-15(22)13-11-14(18-16(17-13)19-6-9-24-10-7-19)25-8-4-12-3-1-2-5-20(12)23/h1-3,5,11H,4,6-10H2,(H,21,22). The van der Waals surface area contributed by atoms with Gasteiger partial charge in [-0.05, 0) is 0 Å². The second-order valence-corrected chi connectivity index (χ2v) is 5.41. The molecule has 9 heteroatoms. The Morgan fingerprint density at radius 3 is 2.88 bits per heavy atom. The predicted molar refractivity (Wildman–Crippen MR) is 86.6 cm³/mol. The van der Waals surface area contributed by atoms with Crippen molar-refractivity contribution in [3.05, 3.63) is 47.1 Å². The van der Waals surface area contributed by atoms with Gasteiger partial charge < -0.3 is 24.7 Å². The maximum Gasteiger partial charge on any atom is 0.354 e. The van der Waals surface area contributed by atoms with Gasteiger partial charge in [0.1, 0.15) is 0 Å². The van der Waals surface area contributed by atoms with Crippen LogP contribution in [0.15, 0.2) is 30.5 Å². The topological polar surface area (TPSA) is 112 Å². The summed E-state index contributed by atoms with van der Waals surface area (Å²) in [6, 6.07) is 6.41. The van der Waals surface area contributed by atoms with Gasteiger partial charge in [-0.2, -0.15) is 9.71 Å². The molecule has 132 valence electrons. The van der Waals surface area contributed by atoms with E-state index in [0.29, 0.717) is 44.4 Å². The van der Waals surface area contributed by atoms with Crippen molar-refractivity contribution in [1.82, 2.24) is 9.97 Å². The fraction of sp³-hybridized carbons (Fsp3) is 0.375. The smallest absolute Gasteiger partial charge is 0.354 e. The van der Waals surface area contributed by atoms with Crippen molar-refractivity contribution in [1.29, 1.82) is 0 Å². The van der Waals surface area contributed by atoms with Crippen LogP contribution in [0.25, 0.3) is 0 Å². The van der Waals surface area contributed by atoms with Gasteiger partial charge in [0.25, 0.3) is 0 Å². The summed E-state index contributed by atoms with van der Waals surface area (Å²) in [6.07, 6.45) is 1.79. The van der Waals surface area contributed by atoms with Gasteiger partial charge >= 0.3 is 5.97 Å². The van der Waals surface area contributed by atoms with E-state index >= 15 is 0 Å². The lowest BCUT2D eigenvalue weighted by molar-refractivity contribution is -0.614. The molecule has 9 nitrogen and oxygen atoms in total. The summed E-state index contributed by atoms with van der Waals surface area (Å²) in [6.45, 7) is 2.44. The van der Waals surface area contributed by atoms with Crippen LogP contribution in [0.2, 0.25) is 0 Å². The van der Waals surface area contributed by atoms with E-state index in [4.69, 9.17) is 9.47 Å². The van der Waals surface area contributed by atoms with Crippen molar-refractivity contribution >= 4 is 11.9 Å². The van der Waals surface area contributed by atoms with Crippen molar-refractivity contribution in [2.24, 2.45) is 0 Å². The molecular formula is C16H18N4O5. The van der Waals surface area contributed by atoms with Gasteiger partial charge in [-0.3, -0.25) is 0 Å². The summed E-state index contributed by atoms with van der Waals surface area (Å²) >= 11 is 0. The monoisotopic (exact) mass is 346 g/mol. The first-order valence-corrected chi connectivity index (χ1v) is 7.88. The minimum absolute atomic E-state index is 0.134. The summed E-state index contributed by atoms with van der Waals surface area (Å²) < 4.78 is 11.6. The number of aromatic nitrogens is 3. The molecule has 0 aromatic carbocycles. The lowest BCUT2D eigenvalue weighted by atomic mass is 10.3. The molecule has 3 heterocycles. The average molecular weight is 346 g/mol. The SMILES string of the molecule is O=C(O)c1cc(OCCc2cccc[n+]2[O-])nc(N2CCOCC2)n1. The zero-order valence-electron chi connectivity index (χ0n) is 13.5. The summed E-state index contributed by atoms with van der Waals surface area (Å²) in [4.78, 5) is 21.5. The molecule has 1 saturated heterocycles. The Morgan fingerprint density at radius 1 is 1.36 bits per heavy atom. The molecule has 0 radical (unpaired) electrons. The third-order valence-corrected chi connectivity index (χ3v) is 3.72. The Bertz CT molecular complexity index is 749. The Kier molecular flexibility index (Phi) is 5.24. The van der Waals surface area contributed by atoms with Crippen LogP contribution in [0, 0.1) is 5.21 Å². The first-order valence-electron chi connectivity index (χ1n) is 7.88. The normalized spacial score (nSPS) is 14.3. The number of nitrogens with zero attached hydrogens (tertiary/aromatic N) is 4. The quantitative estimate of drug-likeness (QED) is 0.586. The third-order valence-electron chi connectivity index (χ3n) is 3.72. The van der Waals surface area contributed by atoms with Crippen LogP contribution in [0.4, 0.5) is 5.95 Å². The van der Waals surface area contributed by atoms with Crippen LogP contribution < -0.4 is 14.4 Å². The molecule has 0 spiro atoms. The van der Waals surface area contributed by atoms with Crippen molar-refractivity contribution < 1.29 is 24.1 Å². The fourth-order valence-corrected chi connectivity index (χ4v) is 2.42. The highest BCUT2D eigenvalue weighted by Gasteiger charge is 2.18. The van der Waals surface area contributed by atoms with Gasteiger partial charge in [0.15, 0.2) is 17.6 Å². The molecule has 0 unspecified atom stereocenters. The molecule has 0 atom stereocenters. The summed E-state index contributed by atoms with van der Waals surface area (Å²) in [5.41, 5.74) is 0.425. The number of morpholine rings is 1. The minimum Gasteiger partial charge on any atom is -0.619 e. The van der Waals surface area contributed by atoms with Gasteiger partial charge in [0, 0.05) is 31.3 Å². The predicted octanol–water partition coefficient (Wildman–Crippen LogP) is 0.266. The van der Waals surface area contributed by atoms with Gasteiger partial charge in [-0.25, -0.2) is 9.78 Å². The molecule has 0 aliphatic carbocycles. The number of carboxylic acid groups (broad SMARTS) is 1. The van der Waals surface area contributed by atoms with Crippen molar-refractivity contribution in [2.75, 3.05) is 37.8 Å². The third kappa shape index (κ3) is 4.32. The summed E-state index contributed by atoms with van der Waals surface area (Å²) in [5, 5.41) is 20.8. The lowest BCUT2D eigenvalue weighted by Gasteiger charge is -2.27. The number of anilines is 1. The molecule has 3 rings (SSSR count). The number of hydrogen-bond donors (Lipinski definition) is 1. The van der Waals surface area contributed by atoms with Gasteiger partial charge in [0.05, 0.1) is 26.2 Å². The molecule has 1 fully saturated rings. The number of hydrogen-bond acceptors (Lipinski definition) is 7. The van der Waals surface area contributed by atoms with E-state index in [9.17, 15) is 15.1 Å². The number of pyridine rings is 1. The Morgan fingerprint density at radius 2 is 2.16 bits per heavy atom. The number of carboxylic acids is 1. The number of rotatable bonds is 6. The van der Waals surface area contributed by atoms with E-state index in [1.165, 1.54) is 12.3 Å². The van der Waals surface area contributed by atoms with Crippen LogP contribution >= 0.6 is 0 Å². The maximum absolute atomic E-state index is 11.6. The largest absolute Gasteiger partial charge is 0.619 e. The van der Waals surface area contributed by atoms with Crippen molar-refractivity contribution in [2.45, 2.75) is 6.42 Å². The lowest BCUT2D eigenvalue weighted by Crippen LogP contribution is -2.37. The van der Waals surface area contributed by atoms with Crippen LogP contribution in [0.3, 0.4) is 0 Å². The highest BCUT2D eigenvalue weighted by molar-refractivity contribution is 5.86. The van der Waals surface area contributed by atoms with E-state index in [2.05, 4.69) is 9.97 Å². The molecule has 2 aromatic heterocycles. The molecule has 1 N–H and O–H groups in total. The van der Waals surface area contributed by atoms with E-state index < -0.39 is 5.97 Å². The first-order chi connectivity index (χ1) is 12.1. The molecule has 2 aromatic rings. The molecule has 0 saturated carbocycles. The molecular weight excluding hydrogens is 328 g/mol. The first kappa shape index (κ1) is 16.9. The maximum atomic E-state index is 11.6. The van der Waals surface area contributed by atoms with Gasteiger partial charge in [-0.1, -0.05) is 6.07 Å². The molecule has 1 aliphatic heterocycles. The van der Waals surface area contributed by atoms with E-state index in [-0.39, 0.29) is 18.2 Å². The van der Waals surface area contributed by atoms with Gasteiger partial charge in [0.2, 0.25) is 11.8 Å². The minimum atomic E-state index is -1.15. The molecule has 0 bridgehead atoms. The van der Waals surface area contributed by atoms with Gasteiger partial charge in [-0.15, -0.1) is 0 Å². The van der Waals surface area contributed by atoms with E-state index in [0.717, 1.165) is 4.73 Å². The summed E-state index contributed by atoms with van der Waals surface area (Å²) in [5.74, 6) is -0.679. The Hall–Kier alpha value is -2.94. The van der Waals surface area contributed by atoms with Crippen molar-refractivity contribution in [3.8, 4) is 5.88 Å². The zero-order chi connectivity index (χ0) is 17.6. The number of ether oxygens (including phenoxy) is 2. The number of carbonyl (C=O) groups is 1. The highest BCUT2D eigenvalue weighted by atomic mass is 16.5. The highest BCUT2D eigenvalue weighted by Crippen LogP contribution is 2.17. The van der Waals surface area contributed by atoms with Crippen LogP contribution in [0.5, 0.6) is 5.88 Å². The van der Waals surface area contributed by atoms with Crippen LogP contribution in [0.1, 0.15) is 16.2 Å². The van der Waals surface area contributed by atoms with Crippen LogP contribution in [-0.4, -0.2) is 54.0 Å². The van der Waals surface area contributed by atoms with E-state index in [1.807, 2.05) is 4.90 Å². The number of aromatic carboxylic acids is 1. The van der Waals surface area contributed by atoms with Crippen LogP contribution in [-0.2, 0) is 11.2 Å². The Balaban J connectivity index is 1.72. The molecule has 25 heavy (non-hydrogen) atoms. The summed E-state index contributed by atoms with van der Waals surface area (Å²) in [7, 11) is 0. The second-order valence-electron chi connectivity index (χ2n) is 5.41. The van der Waals surface area contributed by atoms with Crippen molar-refractivity contribution in [3.63, 3.8) is 0 Å². The molecule has 1 aliphatic rings. The fourth-order valence-electron chi connectivity index (χ4n) is 2.42. The second kappa shape index (κ2) is 7.75. The Labute approximate surface area is 144 Å². The van der Waals surface area contributed by atoms with E-state index in [1.54, 1.807) is 18.2 Å². The molecule has 0 amide bonds.